The van der Waals surface area contributed by atoms with E-state index in [-0.39, 0.29) is 17.5 Å². The minimum absolute atomic E-state index is 0.0958. The van der Waals surface area contributed by atoms with E-state index in [4.69, 9.17) is 4.74 Å². The molecule has 168 valence electrons. The van der Waals surface area contributed by atoms with Gasteiger partial charge in [0.2, 0.25) is 5.91 Å². The second kappa shape index (κ2) is 10.7. The Morgan fingerprint density at radius 3 is 2.22 bits per heavy atom. The molecule has 0 fully saturated rings. The van der Waals surface area contributed by atoms with Crippen molar-refractivity contribution in [2.75, 3.05) is 17.5 Å². The van der Waals surface area contributed by atoms with Gasteiger partial charge in [-0.05, 0) is 67.9 Å². The molecule has 32 heavy (non-hydrogen) atoms. The van der Waals surface area contributed by atoms with Crippen molar-refractivity contribution in [3.8, 4) is 5.75 Å². The number of nitrogens with one attached hydrogen (secondary N) is 1. The highest BCUT2D eigenvalue weighted by Gasteiger charge is 2.27. The van der Waals surface area contributed by atoms with Gasteiger partial charge in [0.05, 0.1) is 23.2 Å². The maximum absolute atomic E-state index is 13.4. The molecule has 0 saturated heterocycles. The van der Waals surface area contributed by atoms with Crippen LogP contribution in [-0.2, 0) is 14.8 Å². The van der Waals surface area contributed by atoms with Crippen molar-refractivity contribution in [1.29, 1.82) is 0 Å². The third kappa shape index (κ3) is 5.89. The molecule has 0 radical (unpaired) electrons. The Morgan fingerprint density at radius 1 is 1.00 bits per heavy atom. The maximum atomic E-state index is 13.4. The predicted molar refractivity (Wildman–Crippen MR) is 129 cm³/mol. The van der Waals surface area contributed by atoms with Gasteiger partial charge in [-0.15, -0.1) is 0 Å². The molecule has 3 aromatic rings. The first-order valence-corrected chi connectivity index (χ1v) is 12.4. The van der Waals surface area contributed by atoms with Crippen LogP contribution in [0.15, 0.2) is 88.2 Å². The molecule has 3 rings (SSSR count). The Morgan fingerprint density at radius 2 is 1.62 bits per heavy atom. The van der Waals surface area contributed by atoms with E-state index < -0.39 is 15.9 Å². The van der Waals surface area contributed by atoms with Gasteiger partial charge in [0, 0.05) is 4.47 Å². The molecule has 0 aliphatic rings. The summed E-state index contributed by atoms with van der Waals surface area (Å²) in [5, 5.41) is 2.88. The number of carbonyl (C=O) groups is 1. The number of amides is 1. The number of hydrogen-bond acceptors (Lipinski definition) is 4. The van der Waals surface area contributed by atoms with Gasteiger partial charge in [0.15, 0.2) is 0 Å². The summed E-state index contributed by atoms with van der Waals surface area (Å²) in [6, 6.07) is 22.2. The van der Waals surface area contributed by atoms with Crippen molar-refractivity contribution in [1.82, 2.24) is 5.32 Å². The molecule has 0 saturated carbocycles. The van der Waals surface area contributed by atoms with Crippen LogP contribution in [0.2, 0.25) is 0 Å². The van der Waals surface area contributed by atoms with Gasteiger partial charge in [-0.25, -0.2) is 8.42 Å². The molecule has 1 amide bonds. The number of halogens is 1. The summed E-state index contributed by atoms with van der Waals surface area (Å²) in [6.07, 6.45) is 0. The molecule has 8 heteroatoms. The molecule has 0 heterocycles. The van der Waals surface area contributed by atoms with Crippen LogP contribution in [0.3, 0.4) is 0 Å². The number of hydrogen-bond donors (Lipinski definition) is 1. The van der Waals surface area contributed by atoms with Crippen LogP contribution < -0.4 is 14.4 Å². The topological polar surface area (TPSA) is 75.7 Å². The lowest BCUT2D eigenvalue weighted by Gasteiger charge is -2.25. The first-order valence-electron chi connectivity index (χ1n) is 10.2. The number of rotatable bonds is 9. The van der Waals surface area contributed by atoms with Gasteiger partial charge >= 0.3 is 0 Å². The Labute approximate surface area is 197 Å². The SMILES string of the molecule is CCOc1ccc(N(CC(=O)N[C@@H](C)c2ccccc2)S(=O)(=O)c2ccc(Br)cc2)cc1. The quantitative estimate of drug-likeness (QED) is 0.437. The minimum atomic E-state index is -3.98. The van der Waals surface area contributed by atoms with Gasteiger partial charge in [0.25, 0.3) is 10.0 Å². The highest BCUT2D eigenvalue weighted by Crippen LogP contribution is 2.27. The van der Waals surface area contributed by atoms with Crippen LogP contribution in [0.25, 0.3) is 0 Å². The van der Waals surface area contributed by atoms with Gasteiger partial charge in [0.1, 0.15) is 12.3 Å². The molecular formula is C24H25BrN2O4S. The third-order valence-electron chi connectivity index (χ3n) is 4.80. The largest absolute Gasteiger partial charge is 0.494 e. The van der Waals surface area contributed by atoms with Crippen molar-refractivity contribution in [3.05, 3.63) is 88.9 Å². The zero-order valence-corrected chi connectivity index (χ0v) is 20.3. The highest BCUT2D eigenvalue weighted by molar-refractivity contribution is 9.10. The lowest BCUT2D eigenvalue weighted by Crippen LogP contribution is -2.41. The average Bonchev–Trinajstić information content (AvgIpc) is 2.79. The molecule has 0 aliphatic carbocycles. The van der Waals surface area contributed by atoms with Crippen LogP contribution >= 0.6 is 15.9 Å². The predicted octanol–water partition coefficient (Wildman–Crippen LogP) is 4.92. The smallest absolute Gasteiger partial charge is 0.264 e. The first kappa shape index (κ1) is 23.8. The molecule has 0 unspecified atom stereocenters. The zero-order valence-electron chi connectivity index (χ0n) is 17.9. The van der Waals surface area contributed by atoms with Crippen molar-refractivity contribution < 1.29 is 17.9 Å². The van der Waals surface area contributed by atoms with Crippen molar-refractivity contribution in [3.63, 3.8) is 0 Å². The molecule has 0 bridgehead atoms. The fraction of sp³-hybridized carbons (Fsp3) is 0.208. The Hall–Kier alpha value is -2.84. The van der Waals surface area contributed by atoms with E-state index in [0.29, 0.717) is 18.0 Å². The standard InChI is InChI=1S/C24H25BrN2O4S/c1-3-31-22-13-11-21(12-14-22)27(32(29,30)23-15-9-20(25)10-16-23)17-24(28)26-18(2)19-7-5-4-6-8-19/h4-16,18H,3,17H2,1-2H3,(H,26,28)/t18-/m0/s1. The van der Waals surface area contributed by atoms with Crippen LogP contribution in [-0.4, -0.2) is 27.5 Å². The van der Waals surface area contributed by atoms with Crippen molar-refractivity contribution >= 4 is 37.5 Å². The molecule has 3 aromatic carbocycles. The number of carbonyl (C=O) groups excluding carboxylic acids is 1. The summed E-state index contributed by atoms with van der Waals surface area (Å²) >= 11 is 3.32. The second-order valence-corrected chi connectivity index (χ2v) is 9.87. The Bertz CT molecular complexity index is 1130. The lowest BCUT2D eigenvalue weighted by molar-refractivity contribution is -0.120. The van der Waals surface area contributed by atoms with Gasteiger partial charge in [-0.1, -0.05) is 46.3 Å². The first-order chi connectivity index (χ1) is 15.3. The van der Waals surface area contributed by atoms with Crippen LogP contribution in [0.4, 0.5) is 5.69 Å². The number of benzene rings is 3. The zero-order chi connectivity index (χ0) is 23.1. The van der Waals surface area contributed by atoms with E-state index in [1.807, 2.05) is 44.2 Å². The Kier molecular flexibility index (Phi) is 7.93. The molecule has 0 aromatic heterocycles. The van der Waals surface area contributed by atoms with E-state index in [1.165, 1.54) is 12.1 Å². The van der Waals surface area contributed by atoms with Gasteiger partial charge in [-0.2, -0.15) is 0 Å². The lowest BCUT2D eigenvalue weighted by atomic mass is 10.1. The summed E-state index contributed by atoms with van der Waals surface area (Å²) in [4.78, 5) is 13.0. The maximum Gasteiger partial charge on any atom is 0.264 e. The number of nitrogens with zero attached hydrogens (tertiary/aromatic N) is 1. The van der Waals surface area contributed by atoms with Crippen LogP contribution in [0, 0.1) is 0 Å². The molecule has 1 atom stereocenters. The number of sulfonamides is 1. The molecule has 0 aliphatic heterocycles. The fourth-order valence-corrected chi connectivity index (χ4v) is 4.85. The average molecular weight is 517 g/mol. The molecular weight excluding hydrogens is 492 g/mol. The summed E-state index contributed by atoms with van der Waals surface area (Å²) < 4.78 is 34.2. The van der Waals surface area contributed by atoms with Gasteiger partial charge < -0.3 is 10.1 Å². The van der Waals surface area contributed by atoms with E-state index in [1.54, 1.807) is 36.4 Å². The highest BCUT2D eigenvalue weighted by atomic mass is 79.9. The van der Waals surface area contributed by atoms with Gasteiger partial charge in [-0.3, -0.25) is 9.10 Å². The van der Waals surface area contributed by atoms with E-state index in [0.717, 1.165) is 14.3 Å². The van der Waals surface area contributed by atoms with Crippen LogP contribution in [0.5, 0.6) is 5.75 Å². The monoisotopic (exact) mass is 516 g/mol. The summed E-state index contributed by atoms with van der Waals surface area (Å²) in [5.74, 6) is 0.218. The number of ether oxygens (including phenoxy) is 1. The van der Waals surface area contributed by atoms with Crippen LogP contribution in [0.1, 0.15) is 25.5 Å². The molecule has 1 N–H and O–H groups in total. The normalized spacial score (nSPS) is 12.1. The number of anilines is 1. The second-order valence-electron chi connectivity index (χ2n) is 7.09. The molecule has 0 spiro atoms. The van der Waals surface area contributed by atoms with E-state index >= 15 is 0 Å². The fourth-order valence-electron chi connectivity index (χ4n) is 3.17. The molecule has 6 nitrogen and oxygen atoms in total. The minimum Gasteiger partial charge on any atom is -0.494 e. The Balaban J connectivity index is 1.89. The van der Waals surface area contributed by atoms with E-state index in [9.17, 15) is 13.2 Å². The summed E-state index contributed by atoms with van der Waals surface area (Å²) in [7, 11) is -3.98. The van der Waals surface area contributed by atoms with Crippen molar-refractivity contribution in [2.45, 2.75) is 24.8 Å². The third-order valence-corrected chi connectivity index (χ3v) is 7.12. The van der Waals surface area contributed by atoms with E-state index in [2.05, 4.69) is 21.2 Å². The summed E-state index contributed by atoms with van der Waals surface area (Å²) in [6.45, 7) is 3.87. The van der Waals surface area contributed by atoms with Crippen molar-refractivity contribution in [2.24, 2.45) is 0 Å². The summed E-state index contributed by atoms with van der Waals surface area (Å²) in [5.41, 5.74) is 1.31.